The number of nitrogens with one attached hydrogen (secondary N) is 1. The molecule has 2 rings (SSSR count). The van der Waals surface area contributed by atoms with Crippen LogP contribution in [0.4, 0.5) is 11.4 Å². The fourth-order valence-corrected chi connectivity index (χ4v) is 2.03. The molecule has 1 heterocycles. The second-order valence-electron chi connectivity index (χ2n) is 3.65. The maximum atomic E-state index is 12.1. The number of hydrogen-bond donors (Lipinski definition) is 2. The molecule has 0 saturated carbocycles. The number of benzene rings is 1. The SMILES string of the molecule is Cn1ncc(N)c1C(=O)Nc1cc(Br)ccc1Cl. The highest BCUT2D eigenvalue weighted by molar-refractivity contribution is 9.10. The standard InChI is InChI=1S/C11H10BrClN4O/c1-17-10(8(14)5-15-17)11(18)16-9-4-6(12)2-3-7(9)13/h2-5H,14H2,1H3,(H,16,18). The molecule has 5 nitrogen and oxygen atoms in total. The van der Waals surface area contributed by atoms with Crippen molar-refractivity contribution in [1.82, 2.24) is 9.78 Å². The molecule has 0 bridgehead atoms. The van der Waals surface area contributed by atoms with Crippen LogP contribution in [0.3, 0.4) is 0 Å². The number of aromatic nitrogens is 2. The van der Waals surface area contributed by atoms with Crippen molar-refractivity contribution in [3.8, 4) is 0 Å². The largest absolute Gasteiger partial charge is 0.396 e. The minimum Gasteiger partial charge on any atom is -0.396 e. The number of hydrogen-bond acceptors (Lipinski definition) is 3. The van der Waals surface area contributed by atoms with Crippen LogP contribution in [0.5, 0.6) is 0 Å². The molecule has 0 aliphatic heterocycles. The third-order valence-corrected chi connectivity index (χ3v) is 3.18. The van der Waals surface area contributed by atoms with Crippen LogP contribution in [0.25, 0.3) is 0 Å². The summed E-state index contributed by atoms with van der Waals surface area (Å²) in [5.74, 6) is -0.354. The summed E-state index contributed by atoms with van der Waals surface area (Å²) < 4.78 is 2.23. The average Bonchev–Trinajstić information content (AvgIpc) is 2.63. The highest BCUT2D eigenvalue weighted by Crippen LogP contribution is 2.26. The van der Waals surface area contributed by atoms with Crippen LogP contribution in [0.2, 0.25) is 5.02 Å². The molecule has 1 amide bonds. The van der Waals surface area contributed by atoms with Gasteiger partial charge in [-0.05, 0) is 18.2 Å². The Morgan fingerprint density at radius 3 is 2.89 bits per heavy atom. The van der Waals surface area contributed by atoms with Crippen LogP contribution < -0.4 is 11.1 Å². The zero-order valence-electron chi connectivity index (χ0n) is 9.45. The second kappa shape index (κ2) is 4.99. The van der Waals surface area contributed by atoms with Gasteiger partial charge in [0.15, 0.2) is 0 Å². The molecule has 0 saturated heterocycles. The van der Waals surface area contributed by atoms with Gasteiger partial charge in [-0.25, -0.2) is 0 Å². The summed E-state index contributed by atoms with van der Waals surface area (Å²) in [5.41, 5.74) is 6.81. The number of nitrogens with two attached hydrogens (primary N) is 1. The van der Waals surface area contributed by atoms with Crippen LogP contribution in [0.15, 0.2) is 28.9 Å². The van der Waals surface area contributed by atoms with Crippen LogP contribution >= 0.6 is 27.5 Å². The quantitative estimate of drug-likeness (QED) is 0.889. The lowest BCUT2D eigenvalue weighted by Crippen LogP contribution is -2.17. The summed E-state index contributed by atoms with van der Waals surface area (Å²) in [5, 5.41) is 7.05. The van der Waals surface area contributed by atoms with E-state index in [1.54, 1.807) is 25.2 Å². The molecule has 94 valence electrons. The van der Waals surface area contributed by atoms with Gasteiger partial charge in [0.1, 0.15) is 5.69 Å². The Morgan fingerprint density at radius 2 is 2.28 bits per heavy atom. The number of nitrogen functional groups attached to an aromatic ring is 1. The summed E-state index contributed by atoms with van der Waals surface area (Å²) in [6, 6.07) is 5.19. The molecular weight excluding hydrogens is 320 g/mol. The number of amides is 1. The van der Waals surface area contributed by atoms with Gasteiger partial charge in [0.2, 0.25) is 0 Å². The fourth-order valence-electron chi connectivity index (χ4n) is 1.51. The van der Waals surface area contributed by atoms with E-state index in [-0.39, 0.29) is 5.91 Å². The first-order valence-electron chi connectivity index (χ1n) is 5.03. The van der Waals surface area contributed by atoms with Gasteiger partial charge in [-0.3, -0.25) is 9.48 Å². The van der Waals surface area contributed by atoms with E-state index in [9.17, 15) is 4.79 Å². The number of aryl methyl sites for hydroxylation is 1. The first-order valence-corrected chi connectivity index (χ1v) is 6.20. The van der Waals surface area contributed by atoms with E-state index < -0.39 is 0 Å². The Labute approximate surface area is 117 Å². The predicted molar refractivity (Wildman–Crippen MR) is 74.7 cm³/mol. The molecule has 1 aromatic heterocycles. The Hall–Kier alpha value is -1.53. The maximum Gasteiger partial charge on any atom is 0.276 e. The van der Waals surface area contributed by atoms with Crippen molar-refractivity contribution < 1.29 is 4.79 Å². The summed E-state index contributed by atoms with van der Waals surface area (Å²) in [7, 11) is 1.65. The van der Waals surface area contributed by atoms with Crippen molar-refractivity contribution >= 4 is 44.8 Å². The summed E-state index contributed by atoms with van der Waals surface area (Å²) in [6.07, 6.45) is 1.43. The fraction of sp³-hybridized carbons (Fsp3) is 0.0909. The molecule has 0 spiro atoms. The minimum atomic E-state index is -0.354. The second-order valence-corrected chi connectivity index (χ2v) is 4.97. The van der Waals surface area contributed by atoms with Crippen molar-refractivity contribution in [3.63, 3.8) is 0 Å². The maximum absolute atomic E-state index is 12.1. The zero-order valence-corrected chi connectivity index (χ0v) is 11.8. The monoisotopic (exact) mass is 328 g/mol. The van der Waals surface area contributed by atoms with Crippen molar-refractivity contribution in [2.75, 3.05) is 11.1 Å². The Bertz CT molecular complexity index is 592. The van der Waals surface area contributed by atoms with Crippen LogP contribution in [0.1, 0.15) is 10.5 Å². The van der Waals surface area contributed by atoms with Crippen molar-refractivity contribution in [2.24, 2.45) is 7.05 Å². The lowest BCUT2D eigenvalue weighted by molar-refractivity contribution is 0.101. The zero-order chi connectivity index (χ0) is 13.3. The molecule has 0 aliphatic carbocycles. The van der Waals surface area contributed by atoms with E-state index in [0.717, 1.165) is 4.47 Å². The minimum absolute atomic E-state index is 0.297. The highest BCUT2D eigenvalue weighted by atomic mass is 79.9. The average molecular weight is 330 g/mol. The van der Waals surface area contributed by atoms with Crippen LogP contribution in [-0.2, 0) is 7.05 Å². The van der Waals surface area contributed by atoms with Gasteiger partial charge in [0, 0.05) is 11.5 Å². The Balaban J connectivity index is 2.30. The third-order valence-electron chi connectivity index (χ3n) is 2.36. The van der Waals surface area contributed by atoms with E-state index in [4.69, 9.17) is 17.3 Å². The number of halogens is 2. The van der Waals surface area contributed by atoms with E-state index in [0.29, 0.717) is 22.1 Å². The van der Waals surface area contributed by atoms with Crippen molar-refractivity contribution in [1.29, 1.82) is 0 Å². The first-order chi connectivity index (χ1) is 8.49. The molecule has 0 radical (unpaired) electrons. The van der Waals surface area contributed by atoms with Crippen LogP contribution in [0, 0.1) is 0 Å². The van der Waals surface area contributed by atoms with Crippen molar-refractivity contribution in [2.45, 2.75) is 0 Å². The molecule has 0 aliphatic rings. The van der Waals surface area contributed by atoms with E-state index in [1.165, 1.54) is 10.9 Å². The Kier molecular flexibility index (Phi) is 3.58. The molecule has 3 N–H and O–H groups in total. The van der Waals surface area contributed by atoms with Gasteiger partial charge in [0.05, 0.1) is 22.6 Å². The number of carbonyl (C=O) groups is 1. The third kappa shape index (κ3) is 2.49. The number of carbonyl (C=O) groups excluding carboxylic acids is 1. The van der Waals surface area contributed by atoms with Crippen molar-refractivity contribution in [3.05, 3.63) is 39.6 Å². The van der Waals surface area contributed by atoms with Gasteiger partial charge < -0.3 is 11.1 Å². The lowest BCUT2D eigenvalue weighted by atomic mass is 10.3. The van der Waals surface area contributed by atoms with Crippen LogP contribution in [-0.4, -0.2) is 15.7 Å². The molecule has 7 heteroatoms. The molecule has 18 heavy (non-hydrogen) atoms. The molecule has 0 atom stereocenters. The molecular formula is C11H10BrClN4O. The normalized spacial score (nSPS) is 10.4. The number of nitrogens with zero attached hydrogens (tertiary/aromatic N) is 2. The summed E-state index contributed by atoms with van der Waals surface area (Å²) >= 11 is 9.30. The molecule has 0 fully saturated rings. The number of anilines is 2. The van der Waals surface area contributed by atoms with Gasteiger partial charge in [-0.15, -0.1) is 0 Å². The van der Waals surface area contributed by atoms with E-state index in [2.05, 4.69) is 26.3 Å². The number of rotatable bonds is 2. The van der Waals surface area contributed by atoms with E-state index >= 15 is 0 Å². The molecule has 1 aromatic carbocycles. The van der Waals surface area contributed by atoms with E-state index in [1.807, 2.05) is 0 Å². The lowest BCUT2D eigenvalue weighted by Gasteiger charge is -2.08. The van der Waals surface area contributed by atoms with Gasteiger partial charge in [0.25, 0.3) is 5.91 Å². The summed E-state index contributed by atoms with van der Waals surface area (Å²) in [6.45, 7) is 0. The van der Waals surface area contributed by atoms with Gasteiger partial charge in [-0.2, -0.15) is 5.10 Å². The molecule has 0 unspecified atom stereocenters. The first kappa shape index (κ1) is 12.9. The van der Waals surface area contributed by atoms with Gasteiger partial charge in [-0.1, -0.05) is 27.5 Å². The summed E-state index contributed by atoms with van der Waals surface area (Å²) in [4.78, 5) is 12.1. The smallest absolute Gasteiger partial charge is 0.276 e. The molecule has 2 aromatic rings. The predicted octanol–water partition coefficient (Wildman–Crippen LogP) is 2.67. The van der Waals surface area contributed by atoms with Gasteiger partial charge >= 0.3 is 0 Å². The highest BCUT2D eigenvalue weighted by Gasteiger charge is 2.16. The topological polar surface area (TPSA) is 72.9 Å². The Morgan fingerprint density at radius 1 is 1.56 bits per heavy atom.